The Kier molecular flexibility index (Phi) is 8.89. The number of alkyl halides is 3. The standard InChI is InChI=1S/C17H22F3N5.HI/c1-13(12-25-9-3-8-24-25)10-22-16(21-2)23-11-14-4-6-15(7-5-14)17(18,19)20;/h3-9,13H,10-12H2,1-2H3,(H2,21,22,23);1H. The molecule has 0 aliphatic rings. The second-order valence-corrected chi connectivity index (χ2v) is 5.83. The highest BCUT2D eigenvalue weighted by Gasteiger charge is 2.29. The number of guanidine groups is 1. The van der Waals surface area contributed by atoms with Crippen molar-refractivity contribution in [1.29, 1.82) is 0 Å². The average molecular weight is 481 g/mol. The quantitative estimate of drug-likeness (QED) is 0.377. The van der Waals surface area contributed by atoms with Crippen LogP contribution in [0.3, 0.4) is 0 Å². The van der Waals surface area contributed by atoms with E-state index in [1.54, 1.807) is 13.2 Å². The molecule has 2 rings (SSSR count). The first kappa shape index (κ1) is 22.3. The number of aromatic nitrogens is 2. The molecule has 0 saturated heterocycles. The normalized spacial score (nSPS) is 13.0. The van der Waals surface area contributed by atoms with E-state index in [1.165, 1.54) is 12.1 Å². The van der Waals surface area contributed by atoms with E-state index in [0.29, 0.717) is 25.0 Å². The molecule has 0 spiro atoms. The third kappa shape index (κ3) is 7.22. The van der Waals surface area contributed by atoms with Crippen LogP contribution in [0.15, 0.2) is 47.7 Å². The Bertz CT molecular complexity index is 669. The monoisotopic (exact) mass is 481 g/mol. The molecule has 9 heteroatoms. The third-order valence-corrected chi connectivity index (χ3v) is 3.64. The molecule has 0 fully saturated rings. The van der Waals surface area contributed by atoms with E-state index < -0.39 is 11.7 Å². The predicted molar refractivity (Wildman–Crippen MR) is 106 cm³/mol. The van der Waals surface area contributed by atoms with E-state index in [4.69, 9.17) is 0 Å². The van der Waals surface area contributed by atoms with Gasteiger partial charge in [-0.15, -0.1) is 24.0 Å². The maximum atomic E-state index is 12.5. The number of nitrogens with one attached hydrogen (secondary N) is 2. The van der Waals surface area contributed by atoms with Gasteiger partial charge in [0.2, 0.25) is 0 Å². The fraction of sp³-hybridized carbons (Fsp3) is 0.412. The van der Waals surface area contributed by atoms with Crippen molar-refractivity contribution >= 4 is 29.9 Å². The van der Waals surface area contributed by atoms with Crippen molar-refractivity contribution in [2.75, 3.05) is 13.6 Å². The van der Waals surface area contributed by atoms with Crippen molar-refractivity contribution in [1.82, 2.24) is 20.4 Å². The van der Waals surface area contributed by atoms with Crippen LogP contribution in [0.5, 0.6) is 0 Å². The number of aliphatic imine (C=N–C) groups is 1. The lowest BCUT2D eigenvalue weighted by Gasteiger charge is -2.16. The van der Waals surface area contributed by atoms with Crippen LogP contribution < -0.4 is 10.6 Å². The molecule has 26 heavy (non-hydrogen) atoms. The van der Waals surface area contributed by atoms with Crippen LogP contribution in [0.1, 0.15) is 18.1 Å². The molecule has 2 aromatic rings. The maximum absolute atomic E-state index is 12.5. The highest BCUT2D eigenvalue weighted by Crippen LogP contribution is 2.28. The van der Waals surface area contributed by atoms with Crippen molar-refractivity contribution in [3.8, 4) is 0 Å². The van der Waals surface area contributed by atoms with Crippen LogP contribution in [0, 0.1) is 5.92 Å². The molecular weight excluding hydrogens is 458 g/mol. The molecule has 1 atom stereocenters. The Hall–Kier alpha value is -1.78. The zero-order chi connectivity index (χ0) is 18.3. The van der Waals surface area contributed by atoms with Crippen LogP contribution in [-0.4, -0.2) is 29.3 Å². The molecule has 1 heterocycles. The second-order valence-electron chi connectivity index (χ2n) is 5.83. The van der Waals surface area contributed by atoms with E-state index >= 15 is 0 Å². The van der Waals surface area contributed by atoms with Crippen LogP contribution in [-0.2, 0) is 19.3 Å². The molecule has 0 amide bonds. The minimum Gasteiger partial charge on any atom is -0.356 e. The zero-order valence-corrected chi connectivity index (χ0v) is 17.0. The van der Waals surface area contributed by atoms with Gasteiger partial charge in [-0.1, -0.05) is 19.1 Å². The van der Waals surface area contributed by atoms with Gasteiger partial charge in [0.15, 0.2) is 5.96 Å². The Morgan fingerprint density at radius 3 is 2.46 bits per heavy atom. The molecule has 1 aromatic heterocycles. The Morgan fingerprint density at radius 1 is 1.23 bits per heavy atom. The smallest absolute Gasteiger partial charge is 0.356 e. The minimum absolute atomic E-state index is 0. The Balaban J connectivity index is 0.00000338. The van der Waals surface area contributed by atoms with E-state index in [2.05, 4.69) is 27.6 Å². The van der Waals surface area contributed by atoms with Crippen molar-refractivity contribution in [2.24, 2.45) is 10.9 Å². The summed E-state index contributed by atoms with van der Waals surface area (Å²) in [5.41, 5.74) is 0.103. The third-order valence-electron chi connectivity index (χ3n) is 3.64. The summed E-state index contributed by atoms with van der Waals surface area (Å²) >= 11 is 0. The van der Waals surface area contributed by atoms with Crippen LogP contribution in [0.25, 0.3) is 0 Å². The van der Waals surface area contributed by atoms with Gasteiger partial charge in [-0.05, 0) is 29.7 Å². The van der Waals surface area contributed by atoms with Crippen molar-refractivity contribution in [3.63, 3.8) is 0 Å². The lowest BCUT2D eigenvalue weighted by Crippen LogP contribution is -2.39. The van der Waals surface area contributed by atoms with Gasteiger partial charge in [-0.2, -0.15) is 18.3 Å². The summed E-state index contributed by atoms with van der Waals surface area (Å²) < 4.78 is 39.5. The fourth-order valence-electron chi connectivity index (χ4n) is 2.28. The Labute approximate surface area is 168 Å². The number of nitrogens with zero attached hydrogens (tertiary/aromatic N) is 3. The van der Waals surface area contributed by atoms with Gasteiger partial charge in [0, 0.05) is 39.1 Å². The first-order valence-corrected chi connectivity index (χ1v) is 7.96. The summed E-state index contributed by atoms with van der Waals surface area (Å²) in [5, 5.41) is 10.5. The minimum atomic E-state index is -4.31. The summed E-state index contributed by atoms with van der Waals surface area (Å²) in [7, 11) is 1.65. The van der Waals surface area contributed by atoms with Crippen molar-refractivity contribution < 1.29 is 13.2 Å². The van der Waals surface area contributed by atoms with Crippen LogP contribution >= 0.6 is 24.0 Å². The molecule has 0 radical (unpaired) electrons. The molecule has 1 unspecified atom stereocenters. The summed E-state index contributed by atoms with van der Waals surface area (Å²) in [6, 6.07) is 6.97. The number of halogens is 4. The van der Waals surface area contributed by atoms with Crippen molar-refractivity contribution in [3.05, 3.63) is 53.9 Å². The maximum Gasteiger partial charge on any atom is 0.416 e. The largest absolute Gasteiger partial charge is 0.416 e. The van der Waals surface area contributed by atoms with Gasteiger partial charge in [0.05, 0.1) is 5.56 Å². The van der Waals surface area contributed by atoms with Crippen LogP contribution in [0.2, 0.25) is 0 Å². The molecule has 0 saturated carbocycles. The molecule has 0 aliphatic heterocycles. The summed E-state index contributed by atoms with van der Waals surface area (Å²) in [6.07, 6.45) is -0.660. The second kappa shape index (κ2) is 10.4. The van der Waals surface area contributed by atoms with Gasteiger partial charge < -0.3 is 10.6 Å². The highest BCUT2D eigenvalue weighted by atomic mass is 127. The first-order chi connectivity index (χ1) is 11.9. The van der Waals surface area contributed by atoms with Gasteiger partial charge in [0.25, 0.3) is 0 Å². The number of rotatable bonds is 6. The number of benzene rings is 1. The number of hydrogen-bond acceptors (Lipinski definition) is 2. The highest BCUT2D eigenvalue weighted by molar-refractivity contribution is 14.0. The summed E-state index contributed by atoms with van der Waals surface area (Å²) in [5.74, 6) is 0.941. The Morgan fingerprint density at radius 2 is 1.92 bits per heavy atom. The van der Waals surface area contributed by atoms with E-state index in [-0.39, 0.29) is 24.0 Å². The molecule has 0 aliphatic carbocycles. The molecular formula is C17H23F3IN5. The van der Waals surface area contributed by atoms with Gasteiger partial charge in [-0.3, -0.25) is 9.67 Å². The molecule has 2 N–H and O–H groups in total. The van der Waals surface area contributed by atoms with E-state index in [9.17, 15) is 13.2 Å². The summed E-state index contributed by atoms with van der Waals surface area (Å²) in [4.78, 5) is 4.12. The fourth-order valence-corrected chi connectivity index (χ4v) is 2.28. The zero-order valence-electron chi connectivity index (χ0n) is 14.6. The molecule has 0 bridgehead atoms. The average Bonchev–Trinajstić information content (AvgIpc) is 3.07. The lowest BCUT2D eigenvalue weighted by atomic mass is 10.1. The number of hydrogen-bond donors (Lipinski definition) is 2. The lowest BCUT2D eigenvalue weighted by molar-refractivity contribution is -0.137. The predicted octanol–water partition coefficient (Wildman–Crippen LogP) is 3.52. The SMILES string of the molecule is CN=C(NCc1ccc(C(F)(F)F)cc1)NCC(C)Cn1cccn1.I. The first-order valence-electron chi connectivity index (χ1n) is 7.96. The molecule has 144 valence electrons. The van der Waals surface area contributed by atoms with Gasteiger partial charge in [-0.25, -0.2) is 0 Å². The van der Waals surface area contributed by atoms with E-state index in [1.807, 2.05) is 16.9 Å². The molecule has 1 aromatic carbocycles. The summed E-state index contributed by atoms with van der Waals surface area (Å²) in [6.45, 7) is 3.98. The van der Waals surface area contributed by atoms with Gasteiger partial charge in [0.1, 0.15) is 0 Å². The van der Waals surface area contributed by atoms with Crippen molar-refractivity contribution in [2.45, 2.75) is 26.2 Å². The molecule has 5 nitrogen and oxygen atoms in total. The van der Waals surface area contributed by atoms with Crippen LogP contribution in [0.4, 0.5) is 13.2 Å². The topological polar surface area (TPSA) is 54.2 Å². The van der Waals surface area contributed by atoms with Gasteiger partial charge >= 0.3 is 6.18 Å². The van der Waals surface area contributed by atoms with E-state index in [0.717, 1.165) is 24.2 Å².